The lowest BCUT2D eigenvalue weighted by Crippen LogP contribution is -2.44. The van der Waals surface area contributed by atoms with Gasteiger partial charge in [-0.25, -0.2) is 4.98 Å². The van der Waals surface area contributed by atoms with E-state index in [0.29, 0.717) is 0 Å². The monoisotopic (exact) mass is 466 g/mol. The third kappa shape index (κ3) is 4.15. The van der Waals surface area contributed by atoms with Crippen LogP contribution in [0.4, 0.5) is 5.69 Å². The van der Waals surface area contributed by atoms with E-state index in [0.717, 1.165) is 84.0 Å². The Morgan fingerprint density at radius 3 is 2.74 bits per heavy atom. The van der Waals surface area contributed by atoms with Crippen LogP contribution >= 0.6 is 0 Å². The summed E-state index contributed by atoms with van der Waals surface area (Å²) in [5.74, 6) is 0. The second-order valence-electron chi connectivity index (χ2n) is 9.24. The number of nitrogens with zero attached hydrogens (tertiary/aromatic N) is 5. The molecule has 0 aliphatic carbocycles. The van der Waals surface area contributed by atoms with E-state index in [-0.39, 0.29) is 0 Å². The largest absolute Gasteiger partial charge is 0.368 e. The van der Waals surface area contributed by atoms with Gasteiger partial charge in [0.05, 0.1) is 16.9 Å². The van der Waals surface area contributed by atoms with Gasteiger partial charge in [0.2, 0.25) is 0 Å². The maximum atomic E-state index is 5.00. The van der Waals surface area contributed by atoms with Crippen LogP contribution < -0.4 is 10.2 Å². The molecule has 4 aromatic heterocycles. The Balaban J connectivity index is 1.38. The molecule has 0 radical (unpaired) electrons. The van der Waals surface area contributed by atoms with E-state index in [1.807, 2.05) is 24.5 Å². The summed E-state index contributed by atoms with van der Waals surface area (Å²) >= 11 is 0. The first-order valence-corrected chi connectivity index (χ1v) is 12.3. The molecule has 6 rings (SSSR count). The number of hydrogen-bond donors (Lipinski definition) is 3. The first-order chi connectivity index (χ1) is 17.2. The summed E-state index contributed by atoms with van der Waals surface area (Å²) in [5.41, 5.74) is 9.00. The predicted octanol–water partition coefficient (Wildman–Crippen LogP) is 4.03. The van der Waals surface area contributed by atoms with Crippen LogP contribution in [0.2, 0.25) is 0 Å². The molecule has 0 spiro atoms. The minimum atomic E-state index is 0.793. The van der Waals surface area contributed by atoms with Crippen molar-refractivity contribution < 1.29 is 0 Å². The first-order valence-electron chi connectivity index (χ1n) is 12.3. The molecule has 1 aliphatic heterocycles. The Kier molecular flexibility index (Phi) is 5.67. The second kappa shape index (κ2) is 9.13. The molecule has 0 amide bonds. The highest BCUT2D eigenvalue weighted by Gasteiger charge is 2.19. The first kappa shape index (κ1) is 21.8. The number of fused-ring (bicyclic) bond motifs is 2. The van der Waals surface area contributed by atoms with Crippen molar-refractivity contribution in [1.29, 1.82) is 0 Å². The van der Waals surface area contributed by atoms with Crippen molar-refractivity contribution >= 4 is 27.6 Å². The summed E-state index contributed by atoms with van der Waals surface area (Å²) in [4.78, 5) is 17.9. The van der Waals surface area contributed by atoms with Gasteiger partial charge in [0.1, 0.15) is 11.2 Å². The van der Waals surface area contributed by atoms with E-state index < -0.39 is 0 Å². The van der Waals surface area contributed by atoms with Crippen LogP contribution in [-0.2, 0) is 6.54 Å². The number of nitrogens with one attached hydrogen (secondary N) is 3. The number of hydrogen-bond acceptors (Lipinski definition) is 6. The molecule has 0 bridgehead atoms. The number of H-pyrrole nitrogens is 2. The molecule has 178 valence electrons. The molecule has 35 heavy (non-hydrogen) atoms. The molecule has 8 nitrogen and oxygen atoms in total. The Bertz CT molecular complexity index is 1480. The molecule has 1 saturated heterocycles. The van der Waals surface area contributed by atoms with E-state index >= 15 is 0 Å². The number of aromatic nitrogens is 5. The van der Waals surface area contributed by atoms with Gasteiger partial charge in [-0.15, -0.1) is 0 Å². The molecule has 5 heterocycles. The molecule has 5 aromatic rings. The summed E-state index contributed by atoms with van der Waals surface area (Å²) in [6.07, 6.45) is 3.77. The maximum absolute atomic E-state index is 5.00. The summed E-state index contributed by atoms with van der Waals surface area (Å²) in [7, 11) is 2.19. The lowest BCUT2D eigenvalue weighted by atomic mass is 10.1. The number of rotatable bonds is 6. The van der Waals surface area contributed by atoms with Crippen LogP contribution in [0.25, 0.3) is 44.6 Å². The highest BCUT2D eigenvalue weighted by Crippen LogP contribution is 2.34. The van der Waals surface area contributed by atoms with Crippen molar-refractivity contribution in [2.24, 2.45) is 0 Å². The fraction of sp³-hybridized carbons (Fsp3) is 0.296. The van der Waals surface area contributed by atoms with Gasteiger partial charge in [-0.2, -0.15) is 5.10 Å². The number of pyridine rings is 2. The molecule has 8 heteroatoms. The molecule has 0 saturated carbocycles. The highest BCUT2D eigenvalue weighted by molar-refractivity contribution is 5.99. The zero-order chi connectivity index (χ0) is 23.8. The highest BCUT2D eigenvalue weighted by atomic mass is 15.2. The van der Waals surface area contributed by atoms with Gasteiger partial charge in [0.15, 0.2) is 0 Å². The molecule has 0 unspecified atom stereocenters. The smallest absolute Gasteiger partial charge is 0.135 e. The van der Waals surface area contributed by atoms with Crippen LogP contribution in [0.1, 0.15) is 12.5 Å². The Labute approximate surface area is 204 Å². The number of benzene rings is 1. The van der Waals surface area contributed by atoms with Gasteiger partial charge in [-0.05, 0) is 55.6 Å². The molecule has 3 N–H and O–H groups in total. The Morgan fingerprint density at radius 2 is 1.89 bits per heavy atom. The van der Waals surface area contributed by atoms with Crippen LogP contribution in [0.5, 0.6) is 0 Å². The second-order valence-corrected chi connectivity index (χ2v) is 9.24. The van der Waals surface area contributed by atoms with E-state index in [2.05, 4.69) is 79.6 Å². The third-order valence-electron chi connectivity index (χ3n) is 6.82. The summed E-state index contributed by atoms with van der Waals surface area (Å²) in [5, 5.41) is 12.4. The fourth-order valence-corrected chi connectivity index (χ4v) is 4.83. The summed E-state index contributed by atoms with van der Waals surface area (Å²) < 4.78 is 0. The van der Waals surface area contributed by atoms with Crippen molar-refractivity contribution in [3.8, 4) is 22.6 Å². The van der Waals surface area contributed by atoms with Crippen molar-refractivity contribution in [3.05, 3.63) is 60.4 Å². The average Bonchev–Trinajstić information content (AvgIpc) is 3.51. The quantitative estimate of drug-likeness (QED) is 0.350. The zero-order valence-electron chi connectivity index (χ0n) is 20.2. The number of likely N-dealkylation sites (N-methyl/N-ethyl adjacent to an activating group) is 1. The van der Waals surface area contributed by atoms with Crippen molar-refractivity contribution in [1.82, 2.24) is 35.4 Å². The summed E-state index contributed by atoms with van der Waals surface area (Å²) in [6.45, 7) is 8.05. The summed E-state index contributed by atoms with van der Waals surface area (Å²) in [6, 6.07) is 14.9. The van der Waals surface area contributed by atoms with E-state index in [4.69, 9.17) is 4.98 Å². The van der Waals surface area contributed by atoms with Crippen LogP contribution in [0.15, 0.2) is 54.9 Å². The molecular formula is C27H30N8. The molecule has 1 fully saturated rings. The van der Waals surface area contributed by atoms with E-state index in [9.17, 15) is 0 Å². The van der Waals surface area contributed by atoms with Crippen LogP contribution in [0, 0.1) is 0 Å². The molecule has 1 aromatic carbocycles. The van der Waals surface area contributed by atoms with Gasteiger partial charge < -0.3 is 20.1 Å². The Hall–Kier alpha value is -3.75. The van der Waals surface area contributed by atoms with Gasteiger partial charge in [0.25, 0.3) is 0 Å². The van der Waals surface area contributed by atoms with Gasteiger partial charge >= 0.3 is 0 Å². The lowest BCUT2D eigenvalue weighted by Gasteiger charge is -2.34. The van der Waals surface area contributed by atoms with E-state index in [1.54, 1.807) is 0 Å². The van der Waals surface area contributed by atoms with Gasteiger partial charge in [0, 0.05) is 67.3 Å². The lowest BCUT2D eigenvalue weighted by molar-refractivity contribution is 0.313. The molecule has 1 aliphatic rings. The normalized spacial score (nSPS) is 14.9. The van der Waals surface area contributed by atoms with Gasteiger partial charge in [-0.1, -0.05) is 13.0 Å². The standard InChI is InChI=1S/C27H30N8/c1-3-28-15-18-13-19(17-29-16-18)21-7-8-23-26(31-21)27(33-32-23)24-14-20-22(30-24)5-4-6-25(20)35-11-9-34(2)10-12-35/h4-8,13-14,16-17,28,30H,3,9-12,15H2,1-2H3,(H,32,33). The minimum absolute atomic E-state index is 0.793. The fourth-order valence-electron chi connectivity index (χ4n) is 4.83. The van der Waals surface area contributed by atoms with Gasteiger partial charge in [-0.3, -0.25) is 10.1 Å². The number of anilines is 1. The molecular weight excluding hydrogens is 436 g/mol. The van der Waals surface area contributed by atoms with Crippen molar-refractivity contribution in [2.75, 3.05) is 44.7 Å². The maximum Gasteiger partial charge on any atom is 0.135 e. The average molecular weight is 467 g/mol. The predicted molar refractivity (Wildman–Crippen MR) is 142 cm³/mol. The SMILES string of the molecule is CCNCc1cncc(-c2ccc3[nH]nc(-c4cc5c(N6CCN(C)CC6)cccc5[nH]4)c3n2)c1. The van der Waals surface area contributed by atoms with Crippen molar-refractivity contribution in [2.45, 2.75) is 13.5 Å². The van der Waals surface area contributed by atoms with E-state index in [1.165, 1.54) is 11.1 Å². The van der Waals surface area contributed by atoms with Crippen LogP contribution in [0.3, 0.4) is 0 Å². The van der Waals surface area contributed by atoms with Crippen molar-refractivity contribution in [3.63, 3.8) is 0 Å². The third-order valence-corrected chi connectivity index (χ3v) is 6.82. The van der Waals surface area contributed by atoms with Crippen LogP contribution in [-0.4, -0.2) is 69.8 Å². The number of piperazine rings is 1. The molecule has 0 atom stereocenters. The zero-order valence-corrected chi connectivity index (χ0v) is 20.2. The minimum Gasteiger partial charge on any atom is -0.368 e. The topological polar surface area (TPSA) is 88.8 Å². The Morgan fingerprint density at radius 1 is 1.00 bits per heavy atom. The number of aromatic amines is 2.